The number of rotatable bonds is 8. The van der Waals surface area contributed by atoms with Crippen molar-refractivity contribution in [1.29, 1.82) is 0 Å². The third kappa shape index (κ3) is 6.39. The molecule has 0 fully saturated rings. The molecule has 0 saturated heterocycles. The molecule has 0 aliphatic carbocycles. The summed E-state index contributed by atoms with van der Waals surface area (Å²) >= 11 is 0. The molecule has 6 nitrogen and oxygen atoms in total. The molecule has 2 amide bonds. The van der Waals surface area contributed by atoms with Crippen molar-refractivity contribution < 1.29 is 19.5 Å². The topological polar surface area (TPSA) is 86.7 Å². The van der Waals surface area contributed by atoms with Gasteiger partial charge in [0.15, 0.2) is 0 Å². The Morgan fingerprint density at radius 3 is 2.45 bits per heavy atom. The molecule has 0 aromatic heterocycles. The summed E-state index contributed by atoms with van der Waals surface area (Å²) in [6, 6.07) is 9.35. The first-order chi connectivity index (χ1) is 10.4. The van der Waals surface area contributed by atoms with Crippen LogP contribution in [0.3, 0.4) is 0 Å². The molecule has 0 bridgehead atoms. The molecule has 1 rings (SSSR count). The number of benzene rings is 1. The van der Waals surface area contributed by atoms with E-state index in [4.69, 9.17) is 5.11 Å². The van der Waals surface area contributed by atoms with E-state index < -0.39 is 11.9 Å². The first kappa shape index (κ1) is 17.7. The van der Waals surface area contributed by atoms with Gasteiger partial charge >= 0.3 is 5.97 Å². The number of amides is 2. The lowest BCUT2D eigenvalue weighted by atomic mass is 10.1. The molecule has 0 radical (unpaired) electrons. The maximum Gasteiger partial charge on any atom is 0.308 e. The van der Waals surface area contributed by atoms with E-state index in [9.17, 15) is 14.4 Å². The van der Waals surface area contributed by atoms with Gasteiger partial charge in [0.1, 0.15) is 0 Å². The molecular weight excluding hydrogens is 284 g/mol. The number of hydrogen-bond acceptors (Lipinski definition) is 3. The molecule has 6 heteroatoms. The summed E-state index contributed by atoms with van der Waals surface area (Å²) in [6.07, 6.45) is 0.435. The summed E-state index contributed by atoms with van der Waals surface area (Å²) in [7, 11) is 1.56. The summed E-state index contributed by atoms with van der Waals surface area (Å²) in [5, 5.41) is 11.5. The summed E-state index contributed by atoms with van der Waals surface area (Å²) in [5.74, 6) is -1.87. The maximum absolute atomic E-state index is 11.8. The average molecular weight is 306 g/mol. The molecule has 0 saturated carbocycles. The van der Waals surface area contributed by atoms with Crippen LogP contribution in [0.2, 0.25) is 0 Å². The molecule has 2 N–H and O–H groups in total. The summed E-state index contributed by atoms with van der Waals surface area (Å²) in [6.45, 7) is 1.95. The Labute approximate surface area is 130 Å². The van der Waals surface area contributed by atoms with Crippen molar-refractivity contribution in [2.45, 2.75) is 19.8 Å². The van der Waals surface area contributed by atoms with Crippen molar-refractivity contribution in [2.24, 2.45) is 5.92 Å². The molecule has 22 heavy (non-hydrogen) atoms. The normalized spacial score (nSPS) is 11.5. The van der Waals surface area contributed by atoms with E-state index in [1.807, 2.05) is 30.3 Å². The van der Waals surface area contributed by atoms with E-state index in [0.29, 0.717) is 0 Å². The maximum atomic E-state index is 11.8. The third-order valence-electron chi connectivity index (χ3n) is 3.26. The molecule has 1 aromatic carbocycles. The van der Waals surface area contributed by atoms with Gasteiger partial charge in [0.05, 0.1) is 12.3 Å². The van der Waals surface area contributed by atoms with E-state index in [0.717, 1.165) is 5.56 Å². The Hall–Kier alpha value is -2.37. The average Bonchev–Trinajstić information content (AvgIpc) is 2.47. The highest BCUT2D eigenvalue weighted by Gasteiger charge is 2.17. The van der Waals surface area contributed by atoms with Crippen LogP contribution in [-0.4, -0.2) is 47.9 Å². The van der Waals surface area contributed by atoms with Gasteiger partial charge in [-0.05, 0) is 5.56 Å². The molecule has 0 aliphatic heterocycles. The Kier molecular flexibility index (Phi) is 7.08. The second kappa shape index (κ2) is 8.81. The number of nitrogens with zero attached hydrogens (tertiary/aromatic N) is 1. The van der Waals surface area contributed by atoms with Gasteiger partial charge in [0.25, 0.3) is 0 Å². The van der Waals surface area contributed by atoms with E-state index in [1.165, 1.54) is 4.90 Å². The smallest absolute Gasteiger partial charge is 0.308 e. The predicted octanol–water partition coefficient (Wildman–Crippen LogP) is 0.914. The monoisotopic (exact) mass is 306 g/mol. The quantitative estimate of drug-likeness (QED) is 0.747. The Morgan fingerprint density at radius 2 is 1.86 bits per heavy atom. The van der Waals surface area contributed by atoms with Crippen LogP contribution in [0.5, 0.6) is 0 Å². The van der Waals surface area contributed by atoms with Crippen LogP contribution in [0.4, 0.5) is 0 Å². The van der Waals surface area contributed by atoms with Gasteiger partial charge in [-0.1, -0.05) is 37.3 Å². The highest BCUT2D eigenvalue weighted by molar-refractivity contribution is 5.80. The molecule has 1 atom stereocenters. The summed E-state index contributed by atoms with van der Waals surface area (Å²) < 4.78 is 0. The lowest BCUT2D eigenvalue weighted by Gasteiger charge is -2.19. The van der Waals surface area contributed by atoms with Crippen molar-refractivity contribution in [3.63, 3.8) is 0 Å². The number of carbonyl (C=O) groups excluding carboxylic acids is 2. The molecule has 0 aliphatic rings. The van der Waals surface area contributed by atoms with Gasteiger partial charge in [-0.3, -0.25) is 14.4 Å². The Balaban J connectivity index is 2.27. The van der Waals surface area contributed by atoms with Crippen LogP contribution < -0.4 is 5.32 Å². The third-order valence-corrected chi connectivity index (χ3v) is 3.26. The molecule has 120 valence electrons. The fourth-order valence-corrected chi connectivity index (χ4v) is 1.93. The fraction of sp³-hybridized carbons (Fsp3) is 0.438. The van der Waals surface area contributed by atoms with Gasteiger partial charge < -0.3 is 15.3 Å². The lowest BCUT2D eigenvalue weighted by molar-refractivity contribution is -0.142. The zero-order chi connectivity index (χ0) is 16.5. The van der Waals surface area contributed by atoms with E-state index in [-0.39, 0.29) is 37.7 Å². The van der Waals surface area contributed by atoms with E-state index >= 15 is 0 Å². The Morgan fingerprint density at radius 1 is 1.23 bits per heavy atom. The van der Waals surface area contributed by atoms with E-state index in [2.05, 4.69) is 5.32 Å². The highest BCUT2D eigenvalue weighted by atomic mass is 16.4. The van der Waals surface area contributed by atoms with Crippen molar-refractivity contribution >= 4 is 17.8 Å². The van der Waals surface area contributed by atoms with Gasteiger partial charge in [0.2, 0.25) is 11.8 Å². The van der Waals surface area contributed by atoms with Crippen molar-refractivity contribution in [1.82, 2.24) is 10.2 Å². The summed E-state index contributed by atoms with van der Waals surface area (Å²) in [5.41, 5.74) is 0.915. The van der Waals surface area contributed by atoms with Crippen LogP contribution >= 0.6 is 0 Å². The number of carboxylic acid groups (broad SMARTS) is 1. The van der Waals surface area contributed by atoms with Gasteiger partial charge in [0, 0.05) is 26.6 Å². The van der Waals surface area contributed by atoms with Crippen LogP contribution in [0.1, 0.15) is 18.9 Å². The molecule has 1 unspecified atom stereocenters. The van der Waals surface area contributed by atoms with Gasteiger partial charge in [-0.25, -0.2) is 0 Å². The van der Waals surface area contributed by atoms with Gasteiger partial charge in [-0.15, -0.1) is 0 Å². The molecular formula is C16H22N2O4. The SMILES string of the molecule is CC(CN(C)C(=O)CCNC(=O)Cc1ccccc1)C(=O)O. The van der Waals surface area contributed by atoms with Crippen molar-refractivity contribution in [2.75, 3.05) is 20.1 Å². The van der Waals surface area contributed by atoms with Crippen LogP contribution in [0.15, 0.2) is 30.3 Å². The zero-order valence-electron chi connectivity index (χ0n) is 12.9. The summed E-state index contributed by atoms with van der Waals surface area (Å²) in [4.78, 5) is 35.7. The number of nitrogens with one attached hydrogen (secondary N) is 1. The largest absolute Gasteiger partial charge is 0.481 e. The fourth-order valence-electron chi connectivity index (χ4n) is 1.93. The number of aliphatic carboxylic acids is 1. The molecule has 0 spiro atoms. The minimum Gasteiger partial charge on any atom is -0.481 e. The van der Waals surface area contributed by atoms with Crippen molar-refractivity contribution in [3.05, 3.63) is 35.9 Å². The second-order valence-corrected chi connectivity index (χ2v) is 5.28. The predicted molar refractivity (Wildman–Crippen MR) is 82.2 cm³/mol. The van der Waals surface area contributed by atoms with E-state index in [1.54, 1.807) is 14.0 Å². The lowest BCUT2D eigenvalue weighted by Crippen LogP contribution is -2.36. The highest BCUT2D eigenvalue weighted by Crippen LogP contribution is 2.01. The number of carboxylic acids is 1. The standard InChI is InChI=1S/C16H22N2O4/c1-12(16(21)22)11-18(2)15(20)8-9-17-14(19)10-13-6-4-3-5-7-13/h3-7,12H,8-11H2,1-2H3,(H,17,19)(H,21,22). The number of carbonyl (C=O) groups is 3. The van der Waals surface area contributed by atoms with Crippen LogP contribution in [0, 0.1) is 5.92 Å². The minimum atomic E-state index is -0.934. The zero-order valence-corrected chi connectivity index (χ0v) is 12.9. The number of hydrogen-bond donors (Lipinski definition) is 2. The van der Waals surface area contributed by atoms with Crippen LogP contribution in [0.25, 0.3) is 0 Å². The first-order valence-electron chi connectivity index (χ1n) is 7.17. The molecule has 1 aromatic rings. The minimum absolute atomic E-state index is 0.138. The second-order valence-electron chi connectivity index (χ2n) is 5.28. The first-order valence-corrected chi connectivity index (χ1v) is 7.17. The van der Waals surface area contributed by atoms with Crippen molar-refractivity contribution in [3.8, 4) is 0 Å². The molecule has 0 heterocycles. The Bertz CT molecular complexity index is 516. The van der Waals surface area contributed by atoms with Crippen LogP contribution in [-0.2, 0) is 20.8 Å². The van der Waals surface area contributed by atoms with Gasteiger partial charge in [-0.2, -0.15) is 0 Å².